The number of aromatic nitrogens is 2. The minimum Gasteiger partial charge on any atom is -0.491 e. The van der Waals surface area contributed by atoms with E-state index in [0.717, 1.165) is 5.56 Å². The lowest BCUT2D eigenvalue weighted by Crippen LogP contribution is -2.19. The van der Waals surface area contributed by atoms with Crippen molar-refractivity contribution in [1.82, 2.24) is 9.55 Å². The van der Waals surface area contributed by atoms with Gasteiger partial charge in [-0.1, -0.05) is 12.1 Å². The maximum absolute atomic E-state index is 12.4. The fourth-order valence-corrected chi connectivity index (χ4v) is 3.32. The minimum atomic E-state index is -4.76. The van der Waals surface area contributed by atoms with E-state index >= 15 is 0 Å². The predicted octanol–water partition coefficient (Wildman–Crippen LogP) is 5.14. The van der Waals surface area contributed by atoms with Gasteiger partial charge in [-0.15, -0.1) is 13.2 Å². The van der Waals surface area contributed by atoms with Crippen LogP contribution in [-0.4, -0.2) is 36.2 Å². The topological polar surface area (TPSA) is 75.7 Å². The Bertz CT molecular complexity index is 1330. The maximum Gasteiger partial charge on any atom is 0.573 e. The molecule has 10 heteroatoms. The van der Waals surface area contributed by atoms with Crippen LogP contribution in [0.3, 0.4) is 0 Å². The summed E-state index contributed by atoms with van der Waals surface area (Å²) in [7, 11) is 1.60. The summed E-state index contributed by atoms with van der Waals surface area (Å²) < 4.78 is 58.6. The number of rotatable bonds is 9. The van der Waals surface area contributed by atoms with Crippen molar-refractivity contribution in [2.75, 3.05) is 20.3 Å². The molecule has 7 nitrogen and oxygen atoms in total. The average molecular weight is 486 g/mol. The summed E-state index contributed by atoms with van der Waals surface area (Å²) in [5, 5.41) is 0. The van der Waals surface area contributed by atoms with Crippen LogP contribution in [0.1, 0.15) is 5.56 Å². The Morgan fingerprint density at radius 1 is 0.971 bits per heavy atom. The highest BCUT2D eigenvalue weighted by atomic mass is 19.4. The van der Waals surface area contributed by atoms with Crippen molar-refractivity contribution in [1.29, 1.82) is 0 Å². The molecule has 0 aliphatic heterocycles. The molecule has 4 aromatic rings. The van der Waals surface area contributed by atoms with Crippen LogP contribution in [0.15, 0.2) is 82.3 Å². The molecule has 0 aliphatic carbocycles. The summed E-state index contributed by atoms with van der Waals surface area (Å²) in [6.45, 7) is 1.19. The van der Waals surface area contributed by atoms with E-state index in [1.807, 2.05) is 24.3 Å². The number of oxazole rings is 1. The first-order valence-corrected chi connectivity index (χ1v) is 10.5. The fraction of sp³-hybridized carbons (Fsp3) is 0.200. The second-order valence-electron chi connectivity index (χ2n) is 7.48. The van der Waals surface area contributed by atoms with Crippen LogP contribution >= 0.6 is 0 Å². The number of halogens is 3. The Balaban J connectivity index is 1.51. The molecule has 0 saturated heterocycles. The van der Waals surface area contributed by atoms with Crippen molar-refractivity contribution in [3.63, 3.8) is 0 Å². The van der Waals surface area contributed by atoms with Crippen LogP contribution in [0.2, 0.25) is 0 Å². The average Bonchev–Trinajstić information content (AvgIpc) is 3.31. The van der Waals surface area contributed by atoms with Gasteiger partial charge in [-0.3, -0.25) is 4.79 Å². The van der Waals surface area contributed by atoms with E-state index in [9.17, 15) is 18.0 Å². The lowest BCUT2D eigenvalue weighted by Gasteiger charge is -2.10. The summed E-state index contributed by atoms with van der Waals surface area (Å²) in [5.41, 5.74) is 2.21. The Morgan fingerprint density at radius 2 is 1.74 bits per heavy atom. The first-order valence-electron chi connectivity index (χ1n) is 10.5. The molecule has 0 fully saturated rings. The summed E-state index contributed by atoms with van der Waals surface area (Å²) in [6.07, 6.45) is -1.73. The van der Waals surface area contributed by atoms with Gasteiger partial charge in [0.15, 0.2) is 0 Å². The maximum atomic E-state index is 12.4. The molecule has 2 aromatic heterocycles. The molecule has 4 rings (SSSR count). The van der Waals surface area contributed by atoms with Crippen LogP contribution < -0.4 is 15.0 Å². The standard InChI is InChI=1S/C25H21F3N2O5/c1-32-11-12-33-21-4-2-3-17(13-21)14-30-15-19(7-10-23(30)31)24-29-22(16-34-24)18-5-8-20(9-6-18)35-25(26,27)28/h2-10,13,15-16H,11-12,14H2,1H3. The number of hydrogen-bond donors (Lipinski definition) is 0. The van der Waals surface area contributed by atoms with Crippen LogP contribution in [0, 0.1) is 0 Å². The van der Waals surface area contributed by atoms with Gasteiger partial charge in [0.1, 0.15) is 30.1 Å². The molecule has 0 atom stereocenters. The van der Waals surface area contributed by atoms with E-state index in [-0.39, 0.29) is 17.2 Å². The Kier molecular flexibility index (Phi) is 7.21. The third-order valence-corrected chi connectivity index (χ3v) is 4.93. The summed E-state index contributed by atoms with van der Waals surface area (Å²) in [5.74, 6) is 0.610. The molecular weight excluding hydrogens is 465 g/mol. The number of nitrogens with zero attached hydrogens (tertiary/aromatic N) is 2. The van der Waals surface area contributed by atoms with E-state index in [0.29, 0.717) is 42.3 Å². The minimum absolute atomic E-state index is 0.202. The monoisotopic (exact) mass is 486 g/mol. The molecule has 0 radical (unpaired) electrons. The van der Waals surface area contributed by atoms with Gasteiger partial charge < -0.3 is 23.2 Å². The quantitative estimate of drug-likeness (QED) is 0.305. The zero-order valence-corrected chi connectivity index (χ0v) is 18.6. The fourth-order valence-electron chi connectivity index (χ4n) is 3.32. The zero-order chi connectivity index (χ0) is 24.8. The van der Waals surface area contributed by atoms with Gasteiger partial charge in [0, 0.05) is 24.9 Å². The van der Waals surface area contributed by atoms with Crippen LogP contribution in [0.5, 0.6) is 11.5 Å². The smallest absolute Gasteiger partial charge is 0.491 e. The van der Waals surface area contributed by atoms with Gasteiger partial charge in [-0.05, 0) is 48.0 Å². The molecular formula is C25H21F3N2O5. The number of alkyl halides is 3. The number of ether oxygens (including phenoxy) is 3. The zero-order valence-electron chi connectivity index (χ0n) is 18.6. The molecule has 2 aromatic carbocycles. The second kappa shape index (κ2) is 10.5. The molecule has 0 spiro atoms. The number of benzene rings is 2. The number of hydrogen-bond acceptors (Lipinski definition) is 6. The number of methoxy groups -OCH3 is 1. The third kappa shape index (κ3) is 6.51. The highest BCUT2D eigenvalue weighted by Gasteiger charge is 2.31. The van der Waals surface area contributed by atoms with Gasteiger partial charge in [0.25, 0.3) is 5.56 Å². The second-order valence-corrected chi connectivity index (χ2v) is 7.48. The molecule has 0 N–H and O–H groups in total. The molecule has 0 aliphatic rings. The Morgan fingerprint density at radius 3 is 2.49 bits per heavy atom. The predicted molar refractivity (Wildman–Crippen MR) is 121 cm³/mol. The lowest BCUT2D eigenvalue weighted by atomic mass is 10.1. The third-order valence-electron chi connectivity index (χ3n) is 4.93. The lowest BCUT2D eigenvalue weighted by molar-refractivity contribution is -0.274. The van der Waals surface area contributed by atoms with E-state index in [1.54, 1.807) is 19.4 Å². The molecule has 0 saturated carbocycles. The molecule has 0 unspecified atom stereocenters. The van der Waals surface area contributed by atoms with Crippen LogP contribution in [-0.2, 0) is 11.3 Å². The molecule has 0 bridgehead atoms. The first kappa shape index (κ1) is 24.1. The summed E-state index contributed by atoms with van der Waals surface area (Å²) >= 11 is 0. The molecule has 0 amide bonds. The van der Waals surface area contributed by atoms with Crippen LogP contribution in [0.4, 0.5) is 13.2 Å². The van der Waals surface area contributed by atoms with Crippen molar-refractivity contribution in [2.45, 2.75) is 12.9 Å². The molecule has 182 valence electrons. The van der Waals surface area contributed by atoms with E-state index < -0.39 is 6.36 Å². The van der Waals surface area contributed by atoms with Gasteiger partial charge in [0.2, 0.25) is 5.89 Å². The number of pyridine rings is 1. The summed E-state index contributed by atoms with van der Waals surface area (Å²) in [6, 6.07) is 15.7. The van der Waals surface area contributed by atoms with Crippen molar-refractivity contribution < 1.29 is 31.8 Å². The van der Waals surface area contributed by atoms with Crippen molar-refractivity contribution in [3.05, 3.63) is 89.0 Å². The highest BCUT2D eigenvalue weighted by Crippen LogP contribution is 2.28. The summed E-state index contributed by atoms with van der Waals surface area (Å²) in [4.78, 5) is 16.8. The Hall–Kier alpha value is -4.05. The van der Waals surface area contributed by atoms with E-state index in [1.165, 1.54) is 41.2 Å². The van der Waals surface area contributed by atoms with E-state index in [4.69, 9.17) is 13.9 Å². The SMILES string of the molecule is COCCOc1cccc(Cn2cc(-c3nc(-c4ccc(OC(F)(F)F)cc4)co3)ccc2=O)c1. The molecule has 2 heterocycles. The van der Waals surface area contributed by atoms with E-state index in [2.05, 4.69) is 9.72 Å². The van der Waals surface area contributed by atoms with Gasteiger partial charge in [-0.25, -0.2) is 4.98 Å². The van der Waals surface area contributed by atoms with Crippen LogP contribution in [0.25, 0.3) is 22.7 Å². The first-order chi connectivity index (χ1) is 16.8. The van der Waals surface area contributed by atoms with Gasteiger partial charge in [0.05, 0.1) is 18.7 Å². The Labute approximate surface area is 198 Å². The van der Waals surface area contributed by atoms with Gasteiger partial charge in [-0.2, -0.15) is 0 Å². The normalized spacial score (nSPS) is 11.4. The largest absolute Gasteiger partial charge is 0.573 e. The molecule has 35 heavy (non-hydrogen) atoms. The highest BCUT2D eigenvalue weighted by molar-refractivity contribution is 5.63. The van der Waals surface area contributed by atoms with Crippen molar-refractivity contribution in [3.8, 4) is 34.2 Å². The van der Waals surface area contributed by atoms with Crippen molar-refractivity contribution >= 4 is 0 Å². The van der Waals surface area contributed by atoms with Crippen molar-refractivity contribution in [2.24, 2.45) is 0 Å². The van der Waals surface area contributed by atoms with Gasteiger partial charge >= 0.3 is 6.36 Å².